The number of nitrogens with one attached hydrogen (secondary N) is 1. The number of carbonyl (C=O) groups excluding carboxylic acids is 2. The molecule has 0 bridgehead atoms. The number of benzene rings is 2. The van der Waals surface area contributed by atoms with Crippen molar-refractivity contribution in [3.63, 3.8) is 0 Å². The molecule has 2 aromatic rings. The minimum absolute atomic E-state index is 0.0164. The fourth-order valence-corrected chi connectivity index (χ4v) is 3.54. The molecule has 0 radical (unpaired) electrons. The molecule has 1 heterocycles. The van der Waals surface area contributed by atoms with E-state index in [-0.39, 0.29) is 24.8 Å². The molecule has 6 heteroatoms. The van der Waals surface area contributed by atoms with E-state index in [0.717, 1.165) is 11.5 Å². The second-order valence-electron chi connectivity index (χ2n) is 5.93. The van der Waals surface area contributed by atoms with Crippen molar-refractivity contribution in [3.8, 4) is 5.75 Å². The van der Waals surface area contributed by atoms with E-state index in [0.29, 0.717) is 24.6 Å². The molecule has 2 amide bonds. The number of anilines is 1. The molecule has 0 aliphatic carbocycles. The minimum atomic E-state index is -0.157. The zero-order valence-corrected chi connectivity index (χ0v) is 15.3. The van der Waals surface area contributed by atoms with Gasteiger partial charge in [0.2, 0.25) is 11.8 Å². The molecule has 1 aliphatic heterocycles. The number of para-hydroxylation sites is 2. The van der Waals surface area contributed by atoms with E-state index in [9.17, 15) is 9.59 Å². The number of carbonyl (C=O) groups is 2. The zero-order chi connectivity index (χ0) is 18.2. The van der Waals surface area contributed by atoms with Gasteiger partial charge in [-0.1, -0.05) is 42.5 Å². The van der Waals surface area contributed by atoms with E-state index in [1.807, 2.05) is 42.5 Å². The Morgan fingerprint density at radius 1 is 1.12 bits per heavy atom. The number of hydrogen-bond acceptors (Lipinski definition) is 4. The van der Waals surface area contributed by atoms with Crippen molar-refractivity contribution in [2.75, 3.05) is 30.3 Å². The molecule has 3 rings (SSSR count). The lowest BCUT2D eigenvalue weighted by Crippen LogP contribution is -2.41. The maximum Gasteiger partial charge on any atom is 0.240 e. The van der Waals surface area contributed by atoms with E-state index < -0.39 is 0 Å². The lowest BCUT2D eigenvalue weighted by molar-refractivity contribution is -0.123. The maximum atomic E-state index is 12.3. The van der Waals surface area contributed by atoms with Crippen molar-refractivity contribution in [2.24, 2.45) is 0 Å². The summed E-state index contributed by atoms with van der Waals surface area (Å²) in [5, 5.41) is 2.89. The fraction of sp³-hybridized carbons (Fsp3) is 0.300. The topological polar surface area (TPSA) is 58.6 Å². The summed E-state index contributed by atoms with van der Waals surface area (Å²) in [5.41, 5.74) is 1.93. The third-order valence-electron chi connectivity index (χ3n) is 4.01. The Morgan fingerprint density at radius 3 is 2.73 bits per heavy atom. The van der Waals surface area contributed by atoms with Crippen LogP contribution in [0.1, 0.15) is 12.0 Å². The van der Waals surface area contributed by atoms with Crippen LogP contribution in [0.5, 0.6) is 5.75 Å². The highest BCUT2D eigenvalue weighted by molar-refractivity contribution is 7.98. The Kier molecular flexibility index (Phi) is 6.55. The van der Waals surface area contributed by atoms with Crippen LogP contribution in [-0.2, 0) is 15.3 Å². The van der Waals surface area contributed by atoms with E-state index in [1.54, 1.807) is 11.8 Å². The normalized spacial score (nSPS) is 13.5. The number of ether oxygens (including phenoxy) is 1. The molecule has 136 valence electrons. The highest BCUT2D eigenvalue weighted by Crippen LogP contribution is 2.30. The number of nitrogens with zero attached hydrogens (tertiary/aromatic N) is 1. The van der Waals surface area contributed by atoms with Gasteiger partial charge in [-0.15, -0.1) is 0 Å². The van der Waals surface area contributed by atoms with E-state index in [4.69, 9.17) is 4.74 Å². The first kappa shape index (κ1) is 18.3. The lowest BCUT2D eigenvalue weighted by atomic mass is 10.2. The van der Waals surface area contributed by atoms with E-state index in [1.165, 1.54) is 10.5 Å². The summed E-state index contributed by atoms with van der Waals surface area (Å²) in [6.45, 7) is 0.934. The smallest absolute Gasteiger partial charge is 0.240 e. The SMILES string of the molecule is O=C(CN1C(=O)CCOc2ccccc21)NCCSCc1ccccc1. The number of rotatable bonds is 7. The Hall–Kier alpha value is -2.47. The third kappa shape index (κ3) is 5.02. The molecule has 5 nitrogen and oxygen atoms in total. The molecule has 0 aromatic heterocycles. The van der Waals surface area contributed by atoms with Gasteiger partial charge in [-0.2, -0.15) is 11.8 Å². The van der Waals surface area contributed by atoms with Crippen molar-refractivity contribution >= 4 is 29.3 Å². The van der Waals surface area contributed by atoms with E-state index in [2.05, 4.69) is 17.4 Å². The molecule has 26 heavy (non-hydrogen) atoms. The molecule has 0 unspecified atom stereocenters. The second-order valence-corrected chi connectivity index (χ2v) is 7.04. The first-order valence-corrected chi connectivity index (χ1v) is 9.80. The van der Waals surface area contributed by atoms with Gasteiger partial charge in [0.15, 0.2) is 0 Å². The highest BCUT2D eigenvalue weighted by Gasteiger charge is 2.24. The average Bonchev–Trinajstić information content (AvgIpc) is 2.82. The third-order valence-corrected chi connectivity index (χ3v) is 5.04. The Labute approximate surface area is 157 Å². The second kappa shape index (κ2) is 9.29. The van der Waals surface area contributed by atoms with Crippen molar-refractivity contribution in [2.45, 2.75) is 12.2 Å². The summed E-state index contributed by atoms with van der Waals surface area (Å²) in [4.78, 5) is 26.1. The molecule has 0 saturated carbocycles. The van der Waals surface area contributed by atoms with Gasteiger partial charge in [0.25, 0.3) is 0 Å². The van der Waals surface area contributed by atoms with Crippen LogP contribution < -0.4 is 15.0 Å². The number of amides is 2. The van der Waals surface area contributed by atoms with Gasteiger partial charge in [-0.25, -0.2) is 0 Å². The summed E-state index contributed by atoms with van der Waals surface area (Å²) in [6.07, 6.45) is 0.273. The molecule has 2 aromatic carbocycles. The molecule has 0 saturated heterocycles. The first-order chi connectivity index (χ1) is 12.7. The fourth-order valence-electron chi connectivity index (χ4n) is 2.72. The quantitative estimate of drug-likeness (QED) is 0.762. The van der Waals surface area contributed by atoms with Gasteiger partial charge in [0.1, 0.15) is 12.3 Å². The molecule has 1 aliphatic rings. The van der Waals surface area contributed by atoms with Crippen molar-refractivity contribution in [1.82, 2.24) is 5.32 Å². The molecular formula is C20H22N2O3S. The molecule has 1 N–H and O–H groups in total. The van der Waals surface area contributed by atoms with Crippen LogP contribution >= 0.6 is 11.8 Å². The van der Waals surface area contributed by atoms with Gasteiger partial charge < -0.3 is 10.1 Å². The molecule has 0 spiro atoms. The van der Waals surface area contributed by atoms with Crippen LogP contribution in [0.2, 0.25) is 0 Å². The van der Waals surface area contributed by atoms with Crippen LogP contribution in [0, 0.1) is 0 Å². The summed E-state index contributed by atoms with van der Waals surface area (Å²) >= 11 is 1.77. The lowest BCUT2D eigenvalue weighted by Gasteiger charge is -2.21. The summed E-state index contributed by atoms with van der Waals surface area (Å²) in [6, 6.07) is 17.6. The van der Waals surface area contributed by atoms with Crippen LogP contribution in [0.4, 0.5) is 5.69 Å². The van der Waals surface area contributed by atoms with Crippen molar-refractivity contribution in [3.05, 3.63) is 60.2 Å². The Bertz CT molecular complexity index is 752. The largest absolute Gasteiger partial charge is 0.491 e. The van der Waals surface area contributed by atoms with E-state index >= 15 is 0 Å². The predicted octanol–water partition coefficient (Wildman–Crippen LogP) is 2.85. The summed E-state index contributed by atoms with van der Waals surface area (Å²) < 4.78 is 5.59. The summed E-state index contributed by atoms with van der Waals surface area (Å²) in [7, 11) is 0. The zero-order valence-electron chi connectivity index (χ0n) is 14.5. The highest BCUT2D eigenvalue weighted by atomic mass is 32.2. The van der Waals surface area contributed by atoms with Crippen LogP contribution in [0.25, 0.3) is 0 Å². The van der Waals surface area contributed by atoms with Crippen molar-refractivity contribution < 1.29 is 14.3 Å². The number of fused-ring (bicyclic) bond motifs is 1. The van der Waals surface area contributed by atoms with Gasteiger partial charge in [0, 0.05) is 18.1 Å². The van der Waals surface area contributed by atoms with Gasteiger partial charge in [0.05, 0.1) is 18.7 Å². The number of thioether (sulfide) groups is 1. The van der Waals surface area contributed by atoms with Crippen LogP contribution in [0.3, 0.4) is 0 Å². The Morgan fingerprint density at radius 2 is 1.88 bits per heavy atom. The monoisotopic (exact) mass is 370 g/mol. The predicted molar refractivity (Wildman–Crippen MR) is 105 cm³/mol. The van der Waals surface area contributed by atoms with Gasteiger partial charge in [-0.05, 0) is 17.7 Å². The molecular weight excluding hydrogens is 348 g/mol. The first-order valence-electron chi connectivity index (χ1n) is 8.64. The molecule has 0 fully saturated rings. The summed E-state index contributed by atoms with van der Waals surface area (Å²) in [5.74, 6) is 2.14. The maximum absolute atomic E-state index is 12.3. The minimum Gasteiger partial charge on any atom is -0.491 e. The number of hydrogen-bond donors (Lipinski definition) is 1. The molecule has 0 atom stereocenters. The van der Waals surface area contributed by atoms with Gasteiger partial charge >= 0.3 is 0 Å². The van der Waals surface area contributed by atoms with Crippen molar-refractivity contribution in [1.29, 1.82) is 0 Å². The van der Waals surface area contributed by atoms with Gasteiger partial charge in [-0.3, -0.25) is 14.5 Å². The van der Waals surface area contributed by atoms with Crippen LogP contribution in [-0.4, -0.2) is 37.3 Å². The van der Waals surface area contributed by atoms with Crippen LogP contribution in [0.15, 0.2) is 54.6 Å². The standard InChI is InChI=1S/C20H22N2O3S/c23-19(21-11-13-26-15-16-6-2-1-3-7-16)14-22-17-8-4-5-9-18(17)25-12-10-20(22)24/h1-9H,10-15H2,(H,21,23). The average molecular weight is 370 g/mol. The Balaban J connectivity index is 1.46.